The van der Waals surface area contributed by atoms with Crippen LogP contribution in [0.4, 0.5) is 0 Å². The molecule has 0 aliphatic heterocycles. The molecule has 0 saturated heterocycles. The third-order valence-corrected chi connectivity index (χ3v) is 3.94. The van der Waals surface area contributed by atoms with E-state index < -0.39 is 11.8 Å². The molecule has 0 aromatic heterocycles. The monoisotopic (exact) mass is 420 g/mol. The first-order valence-corrected chi connectivity index (χ1v) is 8.90. The second kappa shape index (κ2) is 9.24. The molecule has 0 spiro atoms. The first kappa shape index (κ1) is 19.8. The Hall–Kier alpha value is -2.54. The molecular weight excluding hydrogens is 400 g/mol. The minimum atomic E-state index is -0.458. The van der Waals surface area contributed by atoms with Gasteiger partial charge in [-0.1, -0.05) is 18.2 Å². The Morgan fingerprint density at radius 1 is 1.08 bits per heavy atom. The molecule has 2 N–H and O–H groups in total. The average molecular weight is 421 g/mol. The van der Waals surface area contributed by atoms with Gasteiger partial charge in [0.1, 0.15) is 11.5 Å². The van der Waals surface area contributed by atoms with Crippen molar-refractivity contribution in [1.29, 1.82) is 0 Å². The van der Waals surface area contributed by atoms with Crippen molar-refractivity contribution in [3.63, 3.8) is 0 Å². The Morgan fingerprint density at radius 3 is 2.46 bits per heavy atom. The molecule has 2 amide bonds. The number of rotatable bonds is 6. The third-order valence-electron chi connectivity index (χ3n) is 3.32. The van der Waals surface area contributed by atoms with Gasteiger partial charge in [0.2, 0.25) is 0 Å². The van der Waals surface area contributed by atoms with Gasteiger partial charge in [0.15, 0.2) is 6.61 Å². The zero-order valence-corrected chi connectivity index (χ0v) is 16.4. The van der Waals surface area contributed by atoms with Crippen LogP contribution >= 0.6 is 15.9 Å². The Labute approximate surface area is 161 Å². The summed E-state index contributed by atoms with van der Waals surface area (Å²) in [6.45, 7) is 5.53. The molecule has 0 aliphatic rings. The molecule has 0 atom stereocenters. The Bertz CT molecular complexity index is 793. The number of nitrogens with one attached hydrogen (secondary N) is 2. The molecule has 0 heterocycles. The number of hydrogen-bond donors (Lipinski definition) is 2. The van der Waals surface area contributed by atoms with Crippen molar-refractivity contribution in [3.05, 3.63) is 58.1 Å². The lowest BCUT2D eigenvalue weighted by molar-refractivity contribution is -0.123. The van der Waals surface area contributed by atoms with Crippen LogP contribution in [0.25, 0.3) is 0 Å². The Balaban J connectivity index is 1.85. The summed E-state index contributed by atoms with van der Waals surface area (Å²) in [6, 6.07) is 12.3. The molecule has 26 heavy (non-hydrogen) atoms. The summed E-state index contributed by atoms with van der Waals surface area (Å²) in [7, 11) is 0. The quantitative estimate of drug-likeness (QED) is 0.702. The van der Waals surface area contributed by atoms with E-state index in [1.54, 1.807) is 24.3 Å². The van der Waals surface area contributed by atoms with Crippen LogP contribution in [0, 0.1) is 6.92 Å². The second-order valence-electron chi connectivity index (χ2n) is 5.87. The summed E-state index contributed by atoms with van der Waals surface area (Å²) in [5.41, 5.74) is 5.99. The van der Waals surface area contributed by atoms with Crippen LogP contribution in [0.3, 0.4) is 0 Å². The lowest BCUT2D eigenvalue weighted by Gasteiger charge is -2.13. The maximum Gasteiger partial charge on any atom is 0.276 e. The molecule has 2 aromatic carbocycles. The maximum atomic E-state index is 12.1. The van der Waals surface area contributed by atoms with E-state index in [1.165, 1.54) is 0 Å². The molecule has 0 unspecified atom stereocenters. The minimum Gasteiger partial charge on any atom is -0.490 e. The second-order valence-corrected chi connectivity index (χ2v) is 6.72. The van der Waals surface area contributed by atoms with Crippen molar-refractivity contribution in [3.8, 4) is 11.5 Å². The number of ether oxygens (including phenoxy) is 2. The van der Waals surface area contributed by atoms with Gasteiger partial charge in [0.05, 0.1) is 10.6 Å². The van der Waals surface area contributed by atoms with E-state index in [1.807, 2.05) is 39.0 Å². The number of aryl methyl sites for hydroxylation is 1. The smallest absolute Gasteiger partial charge is 0.276 e. The summed E-state index contributed by atoms with van der Waals surface area (Å²) in [4.78, 5) is 24.0. The van der Waals surface area contributed by atoms with E-state index in [0.717, 1.165) is 5.56 Å². The van der Waals surface area contributed by atoms with Crippen LogP contribution in [0.5, 0.6) is 11.5 Å². The summed E-state index contributed by atoms with van der Waals surface area (Å²) in [6.07, 6.45) is 0.0264. The molecule has 0 aliphatic carbocycles. The largest absolute Gasteiger partial charge is 0.490 e. The highest BCUT2D eigenvalue weighted by atomic mass is 79.9. The first-order valence-electron chi connectivity index (χ1n) is 8.10. The van der Waals surface area contributed by atoms with Gasteiger partial charge in [-0.15, -0.1) is 0 Å². The highest BCUT2D eigenvalue weighted by Gasteiger charge is 2.11. The van der Waals surface area contributed by atoms with E-state index in [0.29, 0.717) is 21.5 Å². The van der Waals surface area contributed by atoms with Gasteiger partial charge in [-0.25, -0.2) is 0 Å². The lowest BCUT2D eigenvalue weighted by atomic mass is 10.2. The van der Waals surface area contributed by atoms with Crippen molar-refractivity contribution in [2.75, 3.05) is 6.61 Å². The number of carbonyl (C=O) groups excluding carboxylic acids is 2. The van der Waals surface area contributed by atoms with E-state index in [-0.39, 0.29) is 12.7 Å². The fourth-order valence-corrected chi connectivity index (χ4v) is 2.56. The lowest BCUT2D eigenvalue weighted by Crippen LogP contribution is -2.43. The number of hydrazine groups is 1. The average Bonchev–Trinajstić information content (AvgIpc) is 2.60. The van der Waals surface area contributed by atoms with Gasteiger partial charge in [0, 0.05) is 5.56 Å². The van der Waals surface area contributed by atoms with Gasteiger partial charge < -0.3 is 9.47 Å². The van der Waals surface area contributed by atoms with E-state index in [2.05, 4.69) is 26.8 Å². The third kappa shape index (κ3) is 5.77. The van der Waals surface area contributed by atoms with Gasteiger partial charge in [0.25, 0.3) is 11.8 Å². The van der Waals surface area contributed by atoms with Crippen molar-refractivity contribution in [1.82, 2.24) is 10.9 Å². The van der Waals surface area contributed by atoms with Crippen LogP contribution < -0.4 is 20.3 Å². The highest BCUT2D eigenvalue weighted by Crippen LogP contribution is 2.26. The number of amides is 2. The molecule has 0 radical (unpaired) electrons. The molecular formula is C19H21BrN2O4. The Kier molecular flexibility index (Phi) is 7.03. The SMILES string of the molecule is Cc1ccccc1OCC(=O)NNC(=O)c1ccc(OC(C)C)c(Br)c1. The van der Waals surface area contributed by atoms with Crippen molar-refractivity contribution >= 4 is 27.7 Å². The summed E-state index contributed by atoms with van der Waals surface area (Å²) in [5.74, 6) is 0.373. The van der Waals surface area contributed by atoms with E-state index in [4.69, 9.17) is 9.47 Å². The van der Waals surface area contributed by atoms with Crippen LogP contribution in [0.15, 0.2) is 46.9 Å². The highest BCUT2D eigenvalue weighted by molar-refractivity contribution is 9.10. The Morgan fingerprint density at radius 2 is 1.81 bits per heavy atom. The summed E-state index contributed by atoms with van der Waals surface area (Å²) >= 11 is 3.37. The van der Waals surface area contributed by atoms with Crippen LogP contribution in [-0.2, 0) is 4.79 Å². The first-order chi connectivity index (χ1) is 12.4. The van der Waals surface area contributed by atoms with Crippen LogP contribution in [0.2, 0.25) is 0 Å². The zero-order valence-electron chi connectivity index (χ0n) is 14.8. The number of hydrogen-bond acceptors (Lipinski definition) is 4. The fourth-order valence-electron chi connectivity index (χ4n) is 2.09. The molecule has 2 aromatic rings. The molecule has 0 fully saturated rings. The number of carbonyl (C=O) groups is 2. The predicted molar refractivity (Wildman–Crippen MR) is 102 cm³/mol. The number of para-hydroxylation sites is 1. The zero-order chi connectivity index (χ0) is 19.1. The molecule has 6 nitrogen and oxygen atoms in total. The van der Waals surface area contributed by atoms with Gasteiger partial charge >= 0.3 is 0 Å². The molecule has 0 saturated carbocycles. The number of benzene rings is 2. The molecule has 7 heteroatoms. The van der Waals surface area contributed by atoms with Crippen LogP contribution in [-0.4, -0.2) is 24.5 Å². The minimum absolute atomic E-state index is 0.0264. The van der Waals surface area contributed by atoms with E-state index in [9.17, 15) is 9.59 Å². The van der Waals surface area contributed by atoms with Gasteiger partial charge in [-0.05, 0) is 66.5 Å². The fraction of sp³-hybridized carbons (Fsp3) is 0.263. The van der Waals surface area contributed by atoms with Crippen molar-refractivity contribution in [2.45, 2.75) is 26.9 Å². The van der Waals surface area contributed by atoms with Crippen molar-refractivity contribution in [2.24, 2.45) is 0 Å². The standard InChI is InChI=1S/C19H21BrN2O4/c1-12(2)26-17-9-8-14(10-15(17)20)19(24)22-21-18(23)11-25-16-7-5-4-6-13(16)3/h4-10,12H,11H2,1-3H3,(H,21,23)(H,22,24). The van der Waals surface area contributed by atoms with Gasteiger partial charge in [-0.2, -0.15) is 0 Å². The summed E-state index contributed by atoms with van der Waals surface area (Å²) in [5, 5.41) is 0. The topological polar surface area (TPSA) is 76.7 Å². The maximum absolute atomic E-state index is 12.1. The number of halogens is 1. The summed E-state index contributed by atoms with van der Waals surface area (Å²) < 4.78 is 11.7. The molecule has 0 bridgehead atoms. The van der Waals surface area contributed by atoms with Crippen molar-refractivity contribution < 1.29 is 19.1 Å². The van der Waals surface area contributed by atoms with E-state index >= 15 is 0 Å². The van der Waals surface area contributed by atoms with Crippen LogP contribution in [0.1, 0.15) is 29.8 Å². The molecule has 2 rings (SSSR count). The predicted octanol–water partition coefficient (Wildman–Crippen LogP) is 3.38. The normalized spacial score (nSPS) is 10.3. The van der Waals surface area contributed by atoms with Gasteiger partial charge in [-0.3, -0.25) is 20.4 Å². The molecule has 138 valence electrons.